The monoisotopic (exact) mass is 421 g/mol. The number of nitrogens with zero attached hydrogens (tertiary/aromatic N) is 2. The molecule has 1 saturated carbocycles. The lowest BCUT2D eigenvalue weighted by Crippen LogP contribution is -2.37. The smallest absolute Gasteiger partial charge is 0.170 e. The van der Waals surface area contributed by atoms with E-state index in [1.165, 1.54) is 30.6 Å². The van der Waals surface area contributed by atoms with Crippen LogP contribution in [0.15, 0.2) is 81.3 Å². The van der Waals surface area contributed by atoms with E-state index in [9.17, 15) is 0 Å². The van der Waals surface area contributed by atoms with Gasteiger partial charge in [0, 0.05) is 17.1 Å². The van der Waals surface area contributed by atoms with Crippen LogP contribution in [0.1, 0.15) is 49.2 Å². The zero-order valence-corrected chi connectivity index (χ0v) is 17.7. The molecule has 0 amide bonds. The zero-order chi connectivity index (χ0) is 19.6. The lowest BCUT2D eigenvalue weighted by atomic mass is 10.0. The van der Waals surface area contributed by atoms with Crippen LogP contribution in [-0.4, -0.2) is 21.0 Å². The van der Waals surface area contributed by atoms with Crippen molar-refractivity contribution in [3.8, 4) is 0 Å². The molecule has 2 aromatic heterocycles. The van der Waals surface area contributed by atoms with Gasteiger partial charge in [-0.1, -0.05) is 48.9 Å². The largest absolute Gasteiger partial charge is 0.452 e. The molecule has 1 aliphatic carbocycles. The standard InChI is InChI=1S/C23H23N3OS2/c28-23-25-21(18-12-6-7-15-24-18)22(26(23)16-8-4-5-9-16)19-13-14-20(27-19)29-17-10-2-1-3-11-17/h1-3,6-7,10-16,21-22H,4-5,8-9H2,(H,25,28). The predicted octanol–water partition coefficient (Wildman–Crippen LogP) is 5.74. The molecule has 1 N–H and O–H groups in total. The Bertz CT molecular complexity index is 970. The van der Waals surface area contributed by atoms with Crippen molar-refractivity contribution in [1.82, 2.24) is 15.2 Å². The summed E-state index contributed by atoms with van der Waals surface area (Å²) in [6, 6.07) is 21.0. The summed E-state index contributed by atoms with van der Waals surface area (Å²) in [4.78, 5) is 8.15. The van der Waals surface area contributed by atoms with Gasteiger partial charge in [-0.05, 0) is 61.5 Å². The molecule has 2 fully saturated rings. The topological polar surface area (TPSA) is 41.3 Å². The molecule has 0 spiro atoms. The second-order valence-electron chi connectivity index (χ2n) is 7.54. The van der Waals surface area contributed by atoms with Crippen LogP contribution < -0.4 is 5.32 Å². The quantitative estimate of drug-likeness (QED) is 0.530. The van der Waals surface area contributed by atoms with Gasteiger partial charge in [-0.25, -0.2) is 0 Å². The van der Waals surface area contributed by atoms with Crippen LogP contribution in [-0.2, 0) is 0 Å². The third-order valence-corrected chi connectivity index (χ3v) is 6.97. The Hall–Kier alpha value is -2.31. The van der Waals surface area contributed by atoms with Crippen molar-refractivity contribution < 1.29 is 4.42 Å². The van der Waals surface area contributed by atoms with Crippen LogP contribution in [0.4, 0.5) is 0 Å². The maximum absolute atomic E-state index is 6.36. The SMILES string of the molecule is S=C1NC(c2ccccn2)C(c2ccc(Sc3ccccc3)o2)N1C1CCCC1. The molecule has 1 saturated heterocycles. The molecule has 1 aliphatic heterocycles. The Morgan fingerprint density at radius 2 is 1.79 bits per heavy atom. The van der Waals surface area contributed by atoms with Crippen LogP contribution >= 0.6 is 24.0 Å². The first-order chi connectivity index (χ1) is 14.3. The van der Waals surface area contributed by atoms with Gasteiger partial charge in [0.05, 0.1) is 11.7 Å². The van der Waals surface area contributed by atoms with E-state index in [4.69, 9.17) is 16.6 Å². The van der Waals surface area contributed by atoms with Gasteiger partial charge in [-0.2, -0.15) is 0 Å². The van der Waals surface area contributed by atoms with Crippen LogP contribution in [0, 0.1) is 0 Å². The Morgan fingerprint density at radius 1 is 1.00 bits per heavy atom. The molecule has 1 aromatic carbocycles. The highest BCUT2D eigenvalue weighted by atomic mass is 32.2. The average Bonchev–Trinajstić information content (AvgIpc) is 3.49. The summed E-state index contributed by atoms with van der Waals surface area (Å²) >= 11 is 7.43. The molecule has 2 atom stereocenters. The van der Waals surface area contributed by atoms with Gasteiger partial charge >= 0.3 is 0 Å². The van der Waals surface area contributed by atoms with Gasteiger partial charge in [0.2, 0.25) is 0 Å². The predicted molar refractivity (Wildman–Crippen MR) is 119 cm³/mol. The van der Waals surface area contributed by atoms with Gasteiger partial charge < -0.3 is 14.6 Å². The Morgan fingerprint density at radius 3 is 2.55 bits per heavy atom. The number of aromatic nitrogens is 1. The lowest BCUT2D eigenvalue weighted by Gasteiger charge is -2.31. The number of nitrogens with one attached hydrogen (secondary N) is 1. The fourth-order valence-corrected chi connectivity index (χ4v) is 5.59. The summed E-state index contributed by atoms with van der Waals surface area (Å²) in [6.07, 6.45) is 6.73. The number of hydrogen-bond acceptors (Lipinski definition) is 4. The van der Waals surface area contributed by atoms with E-state index in [1.807, 2.05) is 36.5 Å². The number of furan rings is 1. The van der Waals surface area contributed by atoms with Gasteiger partial charge in [-0.15, -0.1) is 0 Å². The maximum Gasteiger partial charge on any atom is 0.170 e. The first-order valence-electron chi connectivity index (χ1n) is 10.1. The minimum absolute atomic E-state index is 0.00924. The number of pyridine rings is 1. The molecular weight excluding hydrogens is 398 g/mol. The van der Waals surface area contributed by atoms with Crippen molar-refractivity contribution >= 4 is 29.1 Å². The summed E-state index contributed by atoms with van der Waals surface area (Å²) in [6.45, 7) is 0. The number of benzene rings is 1. The normalized spacial score (nSPS) is 22.2. The highest BCUT2D eigenvalue weighted by Crippen LogP contribution is 2.44. The van der Waals surface area contributed by atoms with Crippen LogP contribution in [0.2, 0.25) is 0 Å². The molecular formula is C23H23N3OS2. The molecule has 3 heterocycles. The van der Waals surface area contributed by atoms with Crippen molar-refractivity contribution in [2.24, 2.45) is 0 Å². The van der Waals surface area contributed by atoms with E-state index >= 15 is 0 Å². The Kier molecular flexibility index (Phi) is 5.29. The molecule has 0 radical (unpaired) electrons. The van der Waals surface area contributed by atoms with Crippen molar-refractivity contribution in [3.63, 3.8) is 0 Å². The fourth-order valence-electron chi connectivity index (χ4n) is 4.40. The summed E-state index contributed by atoms with van der Waals surface area (Å²) in [5.41, 5.74) is 0.994. The average molecular weight is 422 g/mol. The van der Waals surface area contributed by atoms with E-state index in [0.29, 0.717) is 6.04 Å². The van der Waals surface area contributed by atoms with Crippen molar-refractivity contribution in [2.75, 3.05) is 0 Å². The van der Waals surface area contributed by atoms with E-state index in [-0.39, 0.29) is 12.1 Å². The van der Waals surface area contributed by atoms with Crippen molar-refractivity contribution in [2.45, 2.75) is 53.8 Å². The first kappa shape index (κ1) is 18.7. The maximum atomic E-state index is 6.36. The summed E-state index contributed by atoms with van der Waals surface area (Å²) in [7, 11) is 0. The molecule has 4 nitrogen and oxygen atoms in total. The van der Waals surface area contributed by atoms with Gasteiger partial charge in [0.15, 0.2) is 10.2 Å². The van der Waals surface area contributed by atoms with Crippen molar-refractivity contribution in [3.05, 3.63) is 78.3 Å². The Labute approximate surface area is 180 Å². The summed E-state index contributed by atoms with van der Waals surface area (Å²) in [5, 5.41) is 5.24. The highest BCUT2D eigenvalue weighted by Gasteiger charge is 2.45. The summed E-state index contributed by atoms with van der Waals surface area (Å²) < 4.78 is 6.36. The number of hydrogen-bond donors (Lipinski definition) is 1. The molecule has 6 heteroatoms. The highest BCUT2D eigenvalue weighted by molar-refractivity contribution is 7.99. The van der Waals surface area contributed by atoms with Gasteiger partial charge in [0.1, 0.15) is 11.8 Å². The molecule has 5 rings (SSSR count). The van der Waals surface area contributed by atoms with Crippen molar-refractivity contribution in [1.29, 1.82) is 0 Å². The second kappa shape index (κ2) is 8.20. The lowest BCUT2D eigenvalue weighted by molar-refractivity contribution is 0.210. The van der Waals surface area contributed by atoms with Gasteiger partial charge in [0.25, 0.3) is 0 Å². The third kappa shape index (κ3) is 3.79. The van der Waals surface area contributed by atoms with E-state index in [0.717, 1.165) is 21.7 Å². The van der Waals surface area contributed by atoms with E-state index in [1.54, 1.807) is 11.8 Å². The van der Waals surface area contributed by atoms with Crippen LogP contribution in [0.3, 0.4) is 0 Å². The Balaban J connectivity index is 1.48. The number of rotatable bonds is 5. The molecule has 0 bridgehead atoms. The van der Waals surface area contributed by atoms with Crippen LogP contribution in [0.5, 0.6) is 0 Å². The molecule has 29 heavy (non-hydrogen) atoms. The van der Waals surface area contributed by atoms with E-state index in [2.05, 4.69) is 45.5 Å². The summed E-state index contributed by atoms with van der Waals surface area (Å²) in [5.74, 6) is 0.943. The molecule has 2 aliphatic rings. The van der Waals surface area contributed by atoms with Crippen LogP contribution in [0.25, 0.3) is 0 Å². The molecule has 148 valence electrons. The minimum Gasteiger partial charge on any atom is -0.452 e. The molecule has 3 aromatic rings. The third-order valence-electron chi connectivity index (χ3n) is 5.71. The zero-order valence-electron chi connectivity index (χ0n) is 16.0. The number of thiocarbonyl (C=S) groups is 1. The molecule has 2 unspecified atom stereocenters. The first-order valence-corrected chi connectivity index (χ1v) is 11.3. The second-order valence-corrected chi connectivity index (χ2v) is 9.01. The fraction of sp³-hybridized carbons (Fsp3) is 0.304. The van der Waals surface area contributed by atoms with E-state index < -0.39 is 0 Å². The minimum atomic E-state index is -0.00924. The van der Waals surface area contributed by atoms with Gasteiger partial charge in [-0.3, -0.25) is 4.98 Å².